The van der Waals surface area contributed by atoms with Crippen LogP contribution in [0.2, 0.25) is 5.02 Å². The SMILES string of the molecule is Cc1cc(Cl)c(NC(=O)CC2CCCN2)c2cccnc12. The van der Waals surface area contributed by atoms with E-state index in [-0.39, 0.29) is 11.9 Å². The zero-order valence-electron chi connectivity index (χ0n) is 11.9. The number of carbonyl (C=O) groups excluding carboxylic acids is 1. The number of rotatable bonds is 3. The average molecular weight is 304 g/mol. The van der Waals surface area contributed by atoms with Gasteiger partial charge in [0.05, 0.1) is 16.2 Å². The van der Waals surface area contributed by atoms with Crippen LogP contribution in [0, 0.1) is 6.92 Å². The molecule has 0 bridgehead atoms. The summed E-state index contributed by atoms with van der Waals surface area (Å²) in [4.78, 5) is 16.6. The lowest BCUT2D eigenvalue weighted by atomic mass is 10.1. The van der Waals surface area contributed by atoms with Gasteiger partial charge in [0.15, 0.2) is 0 Å². The minimum absolute atomic E-state index is 0.00898. The Morgan fingerprint density at radius 2 is 2.43 bits per heavy atom. The minimum Gasteiger partial charge on any atom is -0.324 e. The smallest absolute Gasteiger partial charge is 0.225 e. The molecule has 1 fully saturated rings. The molecule has 1 unspecified atom stereocenters. The second-order valence-electron chi connectivity index (χ2n) is 5.50. The topological polar surface area (TPSA) is 54.0 Å². The molecule has 110 valence electrons. The molecule has 1 aromatic carbocycles. The number of benzene rings is 1. The molecule has 1 aromatic heterocycles. The fourth-order valence-corrected chi connectivity index (χ4v) is 3.17. The Bertz CT molecular complexity index is 681. The van der Waals surface area contributed by atoms with Crippen molar-refractivity contribution in [3.05, 3.63) is 35.0 Å². The van der Waals surface area contributed by atoms with Crippen LogP contribution in [0.15, 0.2) is 24.4 Å². The molecule has 0 saturated carbocycles. The highest BCUT2D eigenvalue weighted by Gasteiger charge is 2.19. The van der Waals surface area contributed by atoms with Crippen molar-refractivity contribution in [2.45, 2.75) is 32.2 Å². The van der Waals surface area contributed by atoms with Gasteiger partial charge in [-0.05, 0) is 50.1 Å². The van der Waals surface area contributed by atoms with E-state index in [0.717, 1.165) is 35.9 Å². The third-order valence-corrected chi connectivity index (χ3v) is 4.19. The zero-order valence-corrected chi connectivity index (χ0v) is 12.7. The number of halogens is 1. The first-order chi connectivity index (χ1) is 10.1. The predicted molar refractivity (Wildman–Crippen MR) is 85.8 cm³/mol. The molecular formula is C16H18ClN3O. The quantitative estimate of drug-likeness (QED) is 0.915. The molecule has 21 heavy (non-hydrogen) atoms. The Hall–Kier alpha value is -1.65. The minimum atomic E-state index is -0.00898. The Morgan fingerprint density at radius 3 is 3.19 bits per heavy atom. The summed E-state index contributed by atoms with van der Waals surface area (Å²) in [6.07, 6.45) is 4.41. The number of fused-ring (bicyclic) bond motifs is 1. The summed E-state index contributed by atoms with van der Waals surface area (Å²) in [5, 5.41) is 7.73. The Kier molecular flexibility index (Phi) is 4.08. The number of anilines is 1. The third-order valence-electron chi connectivity index (χ3n) is 3.89. The number of hydrogen-bond acceptors (Lipinski definition) is 3. The molecule has 2 heterocycles. The molecule has 1 saturated heterocycles. The largest absolute Gasteiger partial charge is 0.324 e. The van der Waals surface area contributed by atoms with Crippen LogP contribution in [0.5, 0.6) is 0 Å². The van der Waals surface area contributed by atoms with Gasteiger partial charge in [-0.25, -0.2) is 0 Å². The molecule has 1 aliphatic rings. The maximum Gasteiger partial charge on any atom is 0.225 e. The van der Waals surface area contributed by atoms with Gasteiger partial charge in [-0.3, -0.25) is 9.78 Å². The third kappa shape index (κ3) is 3.01. The van der Waals surface area contributed by atoms with Gasteiger partial charge >= 0.3 is 0 Å². The van der Waals surface area contributed by atoms with Crippen LogP contribution in [-0.2, 0) is 4.79 Å². The van der Waals surface area contributed by atoms with E-state index < -0.39 is 0 Å². The number of aryl methyl sites for hydroxylation is 1. The fourth-order valence-electron chi connectivity index (χ4n) is 2.85. The van der Waals surface area contributed by atoms with E-state index in [1.165, 1.54) is 0 Å². The number of hydrogen-bond donors (Lipinski definition) is 2. The van der Waals surface area contributed by atoms with Gasteiger partial charge in [0.2, 0.25) is 5.91 Å². The van der Waals surface area contributed by atoms with Crippen LogP contribution in [0.25, 0.3) is 10.9 Å². The van der Waals surface area contributed by atoms with Gasteiger partial charge in [0.1, 0.15) is 0 Å². The van der Waals surface area contributed by atoms with E-state index in [2.05, 4.69) is 15.6 Å². The van der Waals surface area contributed by atoms with Gasteiger partial charge in [0.25, 0.3) is 0 Å². The van der Waals surface area contributed by atoms with Crippen LogP contribution < -0.4 is 10.6 Å². The van der Waals surface area contributed by atoms with Gasteiger partial charge < -0.3 is 10.6 Å². The molecule has 0 radical (unpaired) electrons. The van der Waals surface area contributed by atoms with Crippen molar-refractivity contribution in [2.24, 2.45) is 0 Å². The first-order valence-electron chi connectivity index (χ1n) is 7.22. The second-order valence-corrected chi connectivity index (χ2v) is 5.90. The van der Waals surface area contributed by atoms with Gasteiger partial charge in [-0.15, -0.1) is 0 Å². The number of carbonyl (C=O) groups is 1. The maximum absolute atomic E-state index is 12.2. The van der Waals surface area contributed by atoms with E-state index >= 15 is 0 Å². The predicted octanol–water partition coefficient (Wildman–Crippen LogP) is 3.28. The molecule has 0 spiro atoms. The van der Waals surface area contributed by atoms with E-state index in [0.29, 0.717) is 17.1 Å². The van der Waals surface area contributed by atoms with Crippen LogP contribution >= 0.6 is 11.6 Å². The van der Waals surface area contributed by atoms with Crippen molar-refractivity contribution in [3.63, 3.8) is 0 Å². The molecule has 1 atom stereocenters. The molecule has 2 N–H and O–H groups in total. The summed E-state index contributed by atoms with van der Waals surface area (Å²) >= 11 is 6.31. The standard InChI is InChI=1S/C16H18ClN3O/c1-10-8-13(17)16(12-5-3-7-19-15(10)12)20-14(21)9-11-4-2-6-18-11/h3,5,7-8,11,18H,2,4,6,9H2,1H3,(H,20,21). The Morgan fingerprint density at radius 1 is 1.57 bits per heavy atom. The number of nitrogens with one attached hydrogen (secondary N) is 2. The second kappa shape index (κ2) is 6.00. The molecule has 4 nitrogen and oxygen atoms in total. The van der Waals surface area contributed by atoms with Crippen LogP contribution in [-0.4, -0.2) is 23.5 Å². The molecule has 1 amide bonds. The van der Waals surface area contributed by atoms with Crippen molar-refractivity contribution in [1.82, 2.24) is 10.3 Å². The zero-order chi connectivity index (χ0) is 14.8. The molecule has 5 heteroatoms. The molecular weight excluding hydrogens is 286 g/mol. The van der Waals surface area contributed by atoms with Crippen LogP contribution in [0.1, 0.15) is 24.8 Å². The van der Waals surface area contributed by atoms with Crippen molar-refractivity contribution < 1.29 is 4.79 Å². The van der Waals surface area contributed by atoms with Crippen molar-refractivity contribution >= 4 is 34.1 Å². The highest BCUT2D eigenvalue weighted by molar-refractivity contribution is 6.35. The summed E-state index contributed by atoms with van der Waals surface area (Å²) < 4.78 is 0. The van der Waals surface area contributed by atoms with E-state index in [1.807, 2.05) is 25.1 Å². The lowest BCUT2D eigenvalue weighted by molar-refractivity contribution is -0.116. The summed E-state index contributed by atoms with van der Waals surface area (Å²) in [7, 11) is 0. The van der Waals surface area contributed by atoms with E-state index in [4.69, 9.17) is 11.6 Å². The van der Waals surface area contributed by atoms with E-state index in [1.54, 1.807) is 6.20 Å². The average Bonchev–Trinajstić information content (AvgIpc) is 2.96. The molecule has 2 aromatic rings. The van der Waals surface area contributed by atoms with Gasteiger partial charge in [-0.2, -0.15) is 0 Å². The maximum atomic E-state index is 12.2. The lowest BCUT2D eigenvalue weighted by Gasteiger charge is -2.14. The van der Waals surface area contributed by atoms with Gasteiger partial charge in [0, 0.05) is 24.0 Å². The highest BCUT2D eigenvalue weighted by Crippen LogP contribution is 2.32. The summed E-state index contributed by atoms with van der Waals surface area (Å²) in [5.41, 5.74) is 2.54. The number of amides is 1. The van der Waals surface area contributed by atoms with Gasteiger partial charge in [-0.1, -0.05) is 11.6 Å². The fraction of sp³-hybridized carbons (Fsp3) is 0.375. The number of pyridine rings is 1. The van der Waals surface area contributed by atoms with E-state index in [9.17, 15) is 4.79 Å². The molecule has 3 rings (SSSR count). The van der Waals surface area contributed by atoms with Crippen LogP contribution in [0.4, 0.5) is 5.69 Å². The number of aromatic nitrogens is 1. The lowest BCUT2D eigenvalue weighted by Crippen LogP contribution is -2.27. The molecule has 1 aliphatic heterocycles. The van der Waals surface area contributed by atoms with Crippen molar-refractivity contribution in [2.75, 3.05) is 11.9 Å². The monoisotopic (exact) mass is 303 g/mol. The normalized spacial score (nSPS) is 18.1. The summed E-state index contributed by atoms with van der Waals surface area (Å²) in [6.45, 7) is 2.96. The van der Waals surface area contributed by atoms with Crippen molar-refractivity contribution in [1.29, 1.82) is 0 Å². The van der Waals surface area contributed by atoms with Crippen molar-refractivity contribution in [3.8, 4) is 0 Å². The first kappa shape index (κ1) is 14.3. The summed E-state index contributed by atoms with van der Waals surface area (Å²) in [6, 6.07) is 5.91. The highest BCUT2D eigenvalue weighted by atomic mass is 35.5. The first-order valence-corrected chi connectivity index (χ1v) is 7.60. The summed E-state index contributed by atoms with van der Waals surface area (Å²) in [5.74, 6) is -0.00898. The molecule has 0 aliphatic carbocycles. The Balaban J connectivity index is 1.87. The Labute approximate surface area is 128 Å². The number of nitrogens with zero attached hydrogens (tertiary/aromatic N) is 1. The van der Waals surface area contributed by atoms with Crippen LogP contribution in [0.3, 0.4) is 0 Å².